The van der Waals surface area contributed by atoms with Crippen LogP contribution in [-0.4, -0.2) is 23.1 Å². The normalized spacial score (nSPS) is 10.8. The number of benzene rings is 1. The molecule has 0 aliphatic heterocycles. The van der Waals surface area contributed by atoms with Gasteiger partial charge in [-0.2, -0.15) is 0 Å². The summed E-state index contributed by atoms with van der Waals surface area (Å²) in [5, 5.41) is 3.11. The molecule has 1 N–H and O–H groups in total. The molecule has 0 bridgehead atoms. The number of anilines is 1. The Bertz CT molecular complexity index is 525. The molecule has 0 atom stereocenters. The number of hydrogen-bond acceptors (Lipinski definition) is 4. The zero-order chi connectivity index (χ0) is 14.4. The van der Waals surface area contributed by atoms with Gasteiger partial charge in [-0.1, -0.05) is 30.3 Å². The summed E-state index contributed by atoms with van der Waals surface area (Å²) in [5.41, 5.74) is 2.24. The quantitative estimate of drug-likeness (QED) is 0.876. The highest BCUT2D eigenvalue weighted by atomic mass is 15.2. The number of aromatic nitrogens is 2. The van der Waals surface area contributed by atoms with Gasteiger partial charge in [0.05, 0.1) is 11.9 Å². The summed E-state index contributed by atoms with van der Waals surface area (Å²) in [6.45, 7) is 5.93. The van der Waals surface area contributed by atoms with E-state index in [4.69, 9.17) is 0 Å². The Kier molecular flexibility index (Phi) is 5.07. The smallest absolute Gasteiger partial charge is 0.147 e. The first kappa shape index (κ1) is 14.5. The van der Waals surface area contributed by atoms with Crippen molar-refractivity contribution < 1.29 is 0 Å². The van der Waals surface area contributed by atoms with Crippen molar-refractivity contribution in [3.63, 3.8) is 0 Å². The van der Waals surface area contributed by atoms with Gasteiger partial charge in [-0.15, -0.1) is 0 Å². The van der Waals surface area contributed by atoms with Gasteiger partial charge in [-0.05, 0) is 26.5 Å². The van der Waals surface area contributed by atoms with Crippen LogP contribution in [-0.2, 0) is 13.1 Å². The molecule has 0 aliphatic carbocycles. The van der Waals surface area contributed by atoms with Crippen LogP contribution in [0.25, 0.3) is 0 Å². The Hall–Kier alpha value is -1.94. The summed E-state index contributed by atoms with van der Waals surface area (Å²) in [6, 6.07) is 10.8. The van der Waals surface area contributed by atoms with E-state index in [1.807, 2.05) is 19.3 Å². The van der Waals surface area contributed by atoms with E-state index in [9.17, 15) is 0 Å². The van der Waals surface area contributed by atoms with Gasteiger partial charge in [0.2, 0.25) is 0 Å². The highest BCUT2D eigenvalue weighted by Gasteiger charge is 2.13. The molecule has 106 valence electrons. The average Bonchev–Trinajstić information content (AvgIpc) is 2.46. The molecule has 0 spiro atoms. The summed E-state index contributed by atoms with van der Waals surface area (Å²) < 4.78 is 0. The van der Waals surface area contributed by atoms with E-state index >= 15 is 0 Å². The summed E-state index contributed by atoms with van der Waals surface area (Å²) in [6.07, 6.45) is 3.64. The van der Waals surface area contributed by atoms with Gasteiger partial charge in [-0.3, -0.25) is 4.98 Å². The number of nitrogens with zero attached hydrogens (tertiary/aromatic N) is 3. The maximum atomic E-state index is 4.68. The van der Waals surface area contributed by atoms with E-state index in [1.165, 1.54) is 5.56 Å². The third-order valence-corrected chi connectivity index (χ3v) is 3.14. The molecule has 2 rings (SSSR count). The molecule has 4 nitrogen and oxygen atoms in total. The van der Waals surface area contributed by atoms with Gasteiger partial charge in [0.15, 0.2) is 0 Å². The first-order valence-corrected chi connectivity index (χ1v) is 6.97. The largest absolute Gasteiger partial charge is 0.349 e. The minimum atomic E-state index is 0.370. The van der Waals surface area contributed by atoms with E-state index in [1.54, 1.807) is 6.20 Å². The van der Waals surface area contributed by atoms with E-state index in [0.29, 0.717) is 6.04 Å². The van der Waals surface area contributed by atoms with Crippen LogP contribution in [0.2, 0.25) is 0 Å². The Morgan fingerprint density at radius 3 is 2.55 bits per heavy atom. The van der Waals surface area contributed by atoms with E-state index in [0.717, 1.165) is 24.6 Å². The third-order valence-electron chi connectivity index (χ3n) is 3.14. The van der Waals surface area contributed by atoms with E-state index in [2.05, 4.69) is 58.3 Å². The van der Waals surface area contributed by atoms with Crippen molar-refractivity contribution in [1.29, 1.82) is 0 Å². The second kappa shape index (κ2) is 7.01. The van der Waals surface area contributed by atoms with Crippen LogP contribution in [0.5, 0.6) is 0 Å². The average molecular weight is 270 g/mol. The van der Waals surface area contributed by atoms with E-state index in [-0.39, 0.29) is 0 Å². The van der Waals surface area contributed by atoms with Crippen LogP contribution < -0.4 is 10.2 Å². The Labute approximate surface area is 120 Å². The van der Waals surface area contributed by atoms with E-state index < -0.39 is 0 Å². The molecular formula is C16H22N4. The molecule has 20 heavy (non-hydrogen) atoms. The van der Waals surface area contributed by atoms with Gasteiger partial charge in [0.25, 0.3) is 0 Å². The Morgan fingerprint density at radius 2 is 1.90 bits per heavy atom. The summed E-state index contributed by atoms with van der Waals surface area (Å²) in [5.74, 6) is 0.927. The van der Waals surface area contributed by atoms with Crippen molar-refractivity contribution in [2.24, 2.45) is 0 Å². The lowest BCUT2D eigenvalue weighted by Gasteiger charge is -2.28. The fraction of sp³-hybridized carbons (Fsp3) is 0.375. The van der Waals surface area contributed by atoms with Crippen molar-refractivity contribution in [2.45, 2.75) is 33.0 Å². The fourth-order valence-electron chi connectivity index (χ4n) is 2.11. The summed E-state index contributed by atoms with van der Waals surface area (Å²) in [4.78, 5) is 11.3. The lowest BCUT2D eigenvalue weighted by Crippen LogP contribution is -2.31. The van der Waals surface area contributed by atoms with Crippen LogP contribution in [0.1, 0.15) is 25.1 Å². The van der Waals surface area contributed by atoms with Crippen molar-refractivity contribution >= 4 is 5.82 Å². The lowest BCUT2D eigenvalue weighted by atomic mass is 10.2. The number of nitrogens with one attached hydrogen (secondary N) is 1. The molecule has 1 heterocycles. The second-order valence-corrected chi connectivity index (χ2v) is 5.11. The summed E-state index contributed by atoms with van der Waals surface area (Å²) in [7, 11) is 1.92. The molecular weight excluding hydrogens is 248 g/mol. The van der Waals surface area contributed by atoms with Crippen LogP contribution in [0, 0.1) is 0 Å². The first-order valence-electron chi connectivity index (χ1n) is 6.97. The summed E-state index contributed by atoms with van der Waals surface area (Å²) >= 11 is 0. The maximum Gasteiger partial charge on any atom is 0.147 e. The zero-order valence-corrected chi connectivity index (χ0v) is 12.4. The fourth-order valence-corrected chi connectivity index (χ4v) is 2.11. The molecule has 4 heteroatoms. The molecule has 1 aromatic carbocycles. The molecule has 1 aromatic heterocycles. The van der Waals surface area contributed by atoms with Crippen molar-refractivity contribution in [3.8, 4) is 0 Å². The number of hydrogen-bond donors (Lipinski definition) is 1. The predicted octanol–water partition coefficient (Wildman–Crippen LogP) is 2.61. The molecule has 0 saturated carbocycles. The minimum Gasteiger partial charge on any atom is -0.349 e. The maximum absolute atomic E-state index is 4.68. The van der Waals surface area contributed by atoms with Gasteiger partial charge >= 0.3 is 0 Å². The molecule has 0 saturated heterocycles. The van der Waals surface area contributed by atoms with Crippen LogP contribution in [0.15, 0.2) is 42.7 Å². The zero-order valence-electron chi connectivity index (χ0n) is 12.4. The van der Waals surface area contributed by atoms with Crippen molar-refractivity contribution in [1.82, 2.24) is 15.3 Å². The van der Waals surface area contributed by atoms with Crippen LogP contribution >= 0.6 is 0 Å². The highest BCUT2D eigenvalue weighted by Crippen LogP contribution is 2.17. The molecule has 0 radical (unpaired) electrons. The minimum absolute atomic E-state index is 0.370. The van der Waals surface area contributed by atoms with Crippen LogP contribution in [0.4, 0.5) is 5.82 Å². The van der Waals surface area contributed by atoms with Crippen LogP contribution in [0.3, 0.4) is 0 Å². The predicted molar refractivity (Wildman–Crippen MR) is 82.6 cm³/mol. The van der Waals surface area contributed by atoms with Crippen molar-refractivity contribution in [3.05, 3.63) is 54.0 Å². The van der Waals surface area contributed by atoms with Gasteiger partial charge in [-0.25, -0.2) is 4.98 Å². The molecule has 0 fully saturated rings. The SMILES string of the molecule is CNCc1cncc(N(Cc2ccccc2)C(C)C)n1. The molecule has 0 unspecified atom stereocenters. The second-order valence-electron chi connectivity index (χ2n) is 5.11. The number of rotatable bonds is 6. The monoisotopic (exact) mass is 270 g/mol. The van der Waals surface area contributed by atoms with Gasteiger partial charge in [0, 0.05) is 25.3 Å². The van der Waals surface area contributed by atoms with Gasteiger partial charge in [0.1, 0.15) is 5.82 Å². The van der Waals surface area contributed by atoms with Gasteiger partial charge < -0.3 is 10.2 Å². The Balaban J connectivity index is 2.22. The molecule has 0 amide bonds. The lowest BCUT2D eigenvalue weighted by molar-refractivity contribution is 0.664. The molecule has 0 aliphatic rings. The van der Waals surface area contributed by atoms with Crippen molar-refractivity contribution in [2.75, 3.05) is 11.9 Å². The third kappa shape index (κ3) is 3.78. The Morgan fingerprint density at radius 1 is 1.15 bits per heavy atom. The molecule has 2 aromatic rings. The highest BCUT2D eigenvalue weighted by molar-refractivity contribution is 5.39. The topological polar surface area (TPSA) is 41.1 Å². The standard InChI is InChI=1S/C16H22N4/c1-13(2)20(12-14-7-5-4-6-8-14)16-11-18-10-15(19-16)9-17-3/h4-8,10-11,13,17H,9,12H2,1-3H3. The first-order chi connectivity index (χ1) is 9.70.